The Labute approximate surface area is 181 Å². The number of rotatable bonds is 9. The molecule has 7 heteroatoms. The van der Waals surface area contributed by atoms with Crippen molar-refractivity contribution in [2.75, 3.05) is 6.61 Å². The Hall–Kier alpha value is -3.35. The van der Waals surface area contributed by atoms with Crippen molar-refractivity contribution in [3.8, 4) is 5.75 Å². The Balaban J connectivity index is 1.87. The topological polar surface area (TPSA) is 76.7 Å². The van der Waals surface area contributed by atoms with Crippen molar-refractivity contribution >= 4 is 12.0 Å². The number of carbonyl (C=O) groups is 2. The van der Waals surface area contributed by atoms with Crippen LogP contribution in [0.25, 0.3) is 0 Å². The maximum absolute atomic E-state index is 13.1. The fourth-order valence-electron chi connectivity index (χ4n) is 3.40. The lowest BCUT2D eigenvalue weighted by atomic mass is 9.93. The normalized spacial score (nSPS) is 15.8. The number of unbranched alkanes of at least 4 members (excludes halogenated alkanes) is 1. The number of amides is 2. The van der Waals surface area contributed by atoms with Crippen molar-refractivity contribution < 1.29 is 23.5 Å². The molecule has 0 spiro atoms. The lowest BCUT2D eigenvalue weighted by molar-refractivity contribution is -0.139. The highest BCUT2D eigenvalue weighted by atomic mass is 19.1. The fourth-order valence-corrected chi connectivity index (χ4v) is 3.40. The molecule has 2 N–H and O–H groups in total. The molecular formula is C24H27FN2O4. The van der Waals surface area contributed by atoms with Crippen LogP contribution in [0.5, 0.6) is 5.75 Å². The molecule has 1 atom stereocenters. The molecular weight excluding hydrogens is 399 g/mol. The van der Waals surface area contributed by atoms with Crippen molar-refractivity contribution in [2.45, 2.75) is 45.8 Å². The lowest BCUT2D eigenvalue weighted by Crippen LogP contribution is -2.46. The molecule has 0 aliphatic carbocycles. The number of benzene rings is 2. The standard InChI is InChI=1S/C24H27FN2O4/c1-3-5-9-20-21(23(28)30-4-2)22(27-24(29)26-20)17-7-6-8-19(14-17)31-15-16-10-12-18(25)13-11-16/h6-8,10-14,22H,3-5,9,15H2,1-2H3,(H2,26,27,29). The van der Waals surface area contributed by atoms with Crippen LogP contribution in [-0.4, -0.2) is 18.6 Å². The zero-order valence-electron chi connectivity index (χ0n) is 17.7. The second-order valence-electron chi connectivity index (χ2n) is 7.24. The number of esters is 1. The molecule has 1 aliphatic rings. The van der Waals surface area contributed by atoms with E-state index in [9.17, 15) is 14.0 Å². The number of hydrogen-bond donors (Lipinski definition) is 2. The molecule has 2 aromatic rings. The molecule has 6 nitrogen and oxygen atoms in total. The SMILES string of the molecule is CCCCC1=C(C(=O)OCC)C(c2cccc(OCc3ccc(F)cc3)c2)NC(=O)N1. The third kappa shape index (κ3) is 5.84. The van der Waals surface area contributed by atoms with Gasteiger partial charge in [0, 0.05) is 5.70 Å². The van der Waals surface area contributed by atoms with Gasteiger partial charge in [0.1, 0.15) is 18.2 Å². The minimum Gasteiger partial charge on any atom is -0.489 e. The number of allylic oxidation sites excluding steroid dienone is 1. The first kappa shape index (κ1) is 22.3. The zero-order chi connectivity index (χ0) is 22.2. The molecule has 164 valence electrons. The van der Waals surface area contributed by atoms with Crippen molar-refractivity contribution in [3.63, 3.8) is 0 Å². The van der Waals surface area contributed by atoms with Gasteiger partial charge in [-0.05, 0) is 55.2 Å². The van der Waals surface area contributed by atoms with Gasteiger partial charge >= 0.3 is 12.0 Å². The first-order chi connectivity index (χ1) is 15.0. The summed E-state index contributed by atoms with van der Waals surface area (Å²) in [6.07, 6.45) is 2.35. The summed E-state index contributed by atoms with van der Waals surface area (Å²) in [5.74, 6) is -0.179. The van der Waals surface area contributed by atoms with E-state index in [1.807, 2.05) is 13.0 Å². The third-order valence-corrected chi connectivity index (χ3v) is 4.94. The number of ether oxygens (including phenoxy) is 2. The summed E-state index contributed by atoms with van der Waals surface area (Å²) in [6.45, 7) is 4.31. The molecule has 0 bridgehead atoms. The molecule has 2 aromatic carbocycles. The van der Waals surface area contributed by atoms with Crippen LogP contribution >= 0.6 is 0 Å². The van der Waals surface area contributed by atoms with E-state index in [1.54, 1.807) is 37.3 Å². The van der Waals surface area contributed by atoms with Gasteiger partial charge in [0.25, 0.3) is 0 Å². The Bertz CT molecular complexity index is 956. The van der Waals surface area contributed by atoms with E-state index < -0.39 is 12.0 Å². The van der Waals surface area contributed by atoms with Crippen LogP contribution in [0.4, 0.5) is 9.18 Å². The summed E-state index contributed by atoms with van der Waals surface area (Å²) in [7, 11) is 0. The maximum atomic E-state index is 13.1. The second-order valence-corrected chi connectivity index (χ2v) is 7.24. The Kier molecular flexibility index (Phi) is 7.65. The molecule has 3 rings (SSSR count). The van der Waals surface area contributed by atoms with Crippen molar-refractivity contribution in [1.82, 2.24) is 10.6 Å². The molecule has 1 unspecified atom stereocenters. The van der Waals surface area contributed by atoms with E-state index in [0.717, 1.165) is 18.4 Å². The predicted octanol–water partition coefficient (Wildman–Crippen LogP) is 4.77. The summed E-state index contributed by atoms with van der Waals surface area (Å²) in [6, 6.07) is 12.3. The van der Waals surface area contributed by atoms with Crippen LogP contribution in [-0.2, 0) is 16.1 Å². The number of urea groups is 1. The van der Waals surface area contributed by atoms with Crippen LogP contribution < -0.4 is 15.4 Å². The molecule has 1 heterocycles. The molecule has 0 saturated heterocycles. The quantitative estimate of drug-likeness (QED) is 0.567. The fraction of sp³-hybridized carbons (Fsp3) is 0.333. The Morgan fingerprint density at radius 1 is 1.13 bits per heavy atom. The predicted molar refractivity (Wildman–Crippen MR) is 115 cm³/mol. The molecule has 2 amide bonds. The van der Waals surface area contributed by atoms with E-state index in [2.05, 4.69) is 10.6 Å². The molecule has 31 heavy (non-hydrogen) atoms. The van der Waals surface area contributed by atoms with E-state index in [1.165, 1.54) is 12.1 Å². The van der Waals surface area contributed by atoms with Crippen molar-refractivity contribution in [2.24, 2.45) is 0 Å². The highest BCUT2D eigenvalue weighted by Gasteiger charge is 2.33. The monoisotopic (exact) mass is 426 g/mol. The van der Waals surface area contributed by atoms with Gasteiger partial charge in [0.15, 0.2) is 0 Å². The van der Waals surface area contributed by atoms with Gasteiger partial charge in [-0.3, -0.25) is 0 Å². The number of hydrogen-bond acceptors (Lipinski definition) is 4. The van der Waals surface area contributed by atoms with Crippen LogP contribution in [0.2, 0.25) is 0 Å². The Morgan fingerprint density at radius 3 is 2.61 bits per heavy atom. The van der Waals surface area contributed by atoms with Gasteiger partial charge in [-0.25, -0.2) is 14.0 Å². The van der Waals surface area contributed by atoms with Crippen LogP contribution in [0, 0.1) is 5.82 Å². The van der Waals surface area contributed by atoms with Gasteiger partial charge < -0.3 is 20.1 Å². The van der Waals surface area contributed by atoms with Gasteiger partial charge in [-0.15, -0.1) is 0 Å². The number of nitrogens with one attached hydrogen (secondary N) is 2. The van der Waals surface area contributed by atoms with Crippen LogP contribution in [0.3, 0.4) is 0 Å². The molecule has 0 radical (unpaired) electrons. The number of halogens is 1. The van der Waals surface area contributed by atoms with Crippen LogP contribution in [0.15, 0.2) is 59.8 Å². The summed E-state index contributed by atoms with van der Waals surface area (Å²) in [4.78, 5) is 25.1. The van der Waals surface area contributed by atoms with Gasteiger partial charge in [0.2, 0.25) is 0 Å². The highest BCUT2D eigenvalue weighted by Crippen LogP contribution is 2.31. The van der Waals surface area contributed by atoms with E-state index >= 15 is 0 Å². The highest BCUT2D eigenvalue weighted by molar-refractivity contribution is 5.95. The Morgan fingerprint density at radius 2 is 1.90 bits per heavy atom. The molecule has 0 fully saturated rings. The first-order valence-corrected chi connectivity index (χ1v) is 10.5. The summed E-state index contributed by atoms with van der Waals surface area (Å²) >= 11 is 0. The summed E-state index contributed by atoms with van der Waals surface area (Å²) in [5.41, 5.74) is 2.54. The smallest absolute Gasteiger partial charge is 0.338 e. The summed E-state index contributed by atoms with van der Waals surface area (Å²) < 4.78 is 24.2. The van der Waals surface area contributed by atoms with E-state index in [0.29, 0.717) is 29.0 Å². The van der Waals surface area contributed by atoms with Gasteiger partial charge in [-0.1, -0.05) is 37.6 Å². The van der Waals surface area contributed by atoms with Crippen molar-refractivity contribution in [1.29, 1.82) is 0 Å². The second kappa shape index (κ2) is 10.6. The largest absolute Gasteiger partial charge is 0.489 e. The van der Waals surface area contributed by atoms with Crippen molar-refractivity contribution in [3.05, 3.63) is 76.7 Å². The maximum Gasteiger partial charge on any atom is 0.338 e. The zero-order valence-corrected chi connectivity index (χ0v) is 17.7. The molecule has 0 saturated carbocycles. The number of carbonyl (C=O) groups excluding carboxylic acids is 2. The molecule has 0 aromatic heterocycles. The minimum atomic E-state index is -0.644. The molecule has 1 aliphatic heterocycles. The minimum absolute atomic E-state index is 0.241. The first-order valence-electron chi connectivity index (χ1n) is 10.5. The van der Waals surface area contributed by atoms with Gasteiger partial charge in [-0.2, -0.15) is 0 Å². The van der Waals surface area contributed by atoms with Crippen LogP contribution in [0.1, 0.15) is 50.3 Å². The average Bonchev–Trinajstić information content (AvgIpc) is 2.77. The van der Waals surface area contributed by atoms with Gasteiger partial charge in [0.05, 0.1) is 18.2 Å². The third-order valence-electron chi connectivity index (χ3n) is 4.94. The average molecular weight is 426 g/mol. The summed E-state index contributed by atoms with van der Waals surface area (Å²) in [5, 5.41) is 5.60. The van der Waals surface area contributed by atoms with E-state index in [-0.39, 0.29) is 25.1 Å². The lowest BCUT2D eigenvalue weighted by Gasteiger charge is -2.29. The van der Waals surface area contributed by atoms with E-state index in [4.69, 9.17) is 9.47 Å².